The van der Waals surface area contributed by atoms with Crippen molar-refractivity contribution in [3.05, 3.63) is 50.9 Å². The summed E-state index contributed by atoms with van der Waals surface area (Å²) in [4.78, 5) is 7.87. The van der Waals surface area contributed by atoms with Gasteiger partial charge in [0, 0.05) is 34.1 Å². The SMILES string of the molecule is OCCCN1C(=S)N[C@H](c2ccccn2)[C@@H]1c1cc(Br)cs1. The molecule has 3 heterocycles. The summed E-state index contributed by atoms with van der Waals surface area (Å²) in [5.74, 6) is 0. The van der Waals surface area contributed by atoms with Crippen LogP contribution in [-0.4, -0.2) is 33.3 Å². The van der Waals surface area contributed by atoms with E-state index in [9.17, 15) is 0 Å². The van der Waals surface area contributed by atoms with E-state index in [-0.39, 0.29) is 18.7 Å². The highest BCUT2D eigenvalue weighted by Gasteiger charge is 2.40. The molecule has 2 aromatic heterocycles. The number of hydrogen-bond acceptors (Lipinski definition) is 4. The Balaban J connectivity index is 1.96. The van der Waals surface area contributed by atoms with Gasteiger partial charge in [0.1, 0.15) is 0 Å². The van der Waals surface area contributed by atoms with Gasteiger partial charge in [-0.15, -0.1) is 11.3 Å². The highest BCUT2D eigenvalue weighted by atomic mass is 79.9. The van der Waals surface area contributed by atoms with Crippen LogP contribution in [0.5, 0.6) is 0 Å². The molecule has 0 aliphatic carbocycles. The maximum Gasteiger partial charge on any atom is 0.170 e. The Morgan fingerprint density at radius 3 is 2.95 bits per heavy atom. The molecule has 0 unspecified atom stereocenters. The predicted molar refractivity (Wildman–Crippen MR) is 95.9 cm³/mol. The average Bonchev–Trinajstić information content (AvgIpc) is 3.09. The van der Waals surface area contributed by atoms with Crippen molar-refractivity contribution in [3.63, 3.8) is 0 Å². The summed E-state index contributed by atoms with van der Waals surface area (Å²) in [5.41, 5.74) is 0.978. The second kappa shape index (κ2) is 7.04. The van der Waals surface area contributed by atoms with Crippen molar-refractivity contribution in [2.75, 3.05) is 13.2 Å². The van der Waals surface area contributed by atoms with Gasteiger partial charge in [-0.25, -0.2) is 0 Å². The summed E-state index contributed by atoms with van der Waals surface area (Å²) < 4.78 is 1.08. The van der Waals surface area contributed by atoms with E-state index in [0.717, 1.165) is 21.8 Å². The van der Waals surface area contributed by atoms with Crippen molar-refractivity contribution in [2.24, 2.45) is 0 Å². The minimum absolute atomic E-state index is 0.0259. The van der Waals surface area contributed by atoms with Gasteiger partial charge in [-0.05, 0) is 52.8 Å². The third-order valence-corrected chi connectivity index (χ3v) is 5.75. The fourth-order valence-electron chi connectivity index (χ4n) is 2.68. The van der Waals surface area contributed by atoms with Crippen LogP contribution in [0.4, 0.5) is 0 Å². The Labute approximate surface area is 147 Å². The summed E-state index contributed by atoms with van der Waals surface area (Å²) in [6.07, 6.45) is 2.50. The minimum atomic E-state index is 0.0259. The molecule has 4 nitrogen and oxygen atoms in total. The highest BCUT2D eigenvalue weighted by molar-refractivity contribution is 9.10. The van der Waals surface area contributed by atoms with Gasteiger partial charge in [0.25, 0.3) is 0 Å². The standard InChI is InChI=1S/C15H16BrN3OS2/c16-10-8-12(22-9-10)14-13(11-4-1-2-5-17-11)18-15(21)19(14)6-3-7-20/h1-2,4-5,8-9,13-14,20H,3,6-7H2,(H,18,21)/t13-,14+/m1/s1. The molecule has 1 saturated heterocycles. The molecular weight excluding hydrogens is 382 g/mol. The topological polar surface area (TPSA) is 48.4 Å². The van der Waals surface area contributed by atoms with Crippen molar-refractivity contribution in [1.82, 2.24) is 15.2 Å². The van der Waals surface area contributed by atoms with Crippen molar-refractivity contribution in [2.45, 2.75) is 18.5 Å². The van der Waals surface area contributed by atoms with Gasteiger partial charge in [-0.1, -0.05) is 6.07 Å². The van der Waals surface area contributed by atoms with Gasteiger partial charge in [-0.3, -0.25) is 4.98 Å². The molecule has 2 N–H and O–H groups in total. The van der Waals surface area contributed by atoms with Crippen molar-refractivity contribution < 1.29 is 5.11 Å². The lowest BCUT2D eigenvalue weighted by atomic mass is 10.0. The molecule has 0 spiro atoms. The minimum Gasteiger partial charge on any atom is -0.396 e. The monoisotopic (exact) mass is 397 g/mol. The quantitative estimate of drug-likeness (QED) is 0.758. The molecule has 0 amide bonds. The summed E-state index contributed by atoms with van der Waals surface area (Å²) >= 11 is 10.7. The highest BCUT2D eigenvalue weighted by Crippen LogP contribution is 2.41. The van der Waals surface area contributed by atoms with E-state index in [1.54, 1.807) is 17.5 Å². The normalized spacial score (nSPS) is 21.2. The molecule has 1 aliphatic heterocycles. The van der Waals surface area contributed by atoms with Crippen LogP contribution in [0.3, 0.4) is 0 Å². The van der Waals surface area contributed by atoms with Crippen LogP contribution in [-0.2, 0) is 0 Å². The number of aliphatic hydroxyl groups excluding tert-OH is 1. The van der Waals surface area contributed by atoms with E-state index in [1.165, 1.54) is 4.88 Å². The number of nitrogens with one attached hydrogen (secondary N) is 1. The first-order chi connectivity index (χ1) is 10.7. The summed E-state index contributed by atoms with van der Waals surface area (Å²) in [7, 11) is 0. The Hall–Kier alpha value is -1.02. The Morgan fingerprint density at radius 2 is 2.32 bits per heavy atom. The molecule has 0 aromatic carbocycles. The molecule has 0 bridgehead atoms. The number of thiocarbonyl (C=S) groups is 1. The molecule has 1 aliphatic rings. The molecule has 7 heteroatoms. The second-order valence-electron chi connectivity index (χ2n) is 5.06. The van der Waals surface area contributed by atoms with E-state index in [0.29, 0.717) is 6.42 Å². The predicted octanol–water partition coefficient (Wildman–Crippen LogP) is 3.26. The lowest BCUT2D eigenvalue weighted by Gasteiger charge is -2.26. The number of thiophene rings is 1. The third kappa shape index (κ3) is 3.17. The smallest absolute Gasteiger partial charge is 0.170 e. The molecule has 0 radical (unpaired) electrons. The molecule has 2 atom stereocenters. The molecule has 0 saturated carbocycles. The van der Waals surface area contributed by atoms with Crippen LogP contribution in [0.25, 0.3) is 0 Å². The first kappa shape index (κ1) is 15.9. The molecular formula is C15H16BrN3OS2. The summed E-state index contributed by atoms with van der Waals surface area (Å²) in [5, 5.41) is 15.3. The number of pyridine rings is 1. The number of halogens is 1. The second-order valence-corrected chi connectivity index (χ2v) is 7.31. The zero-order valence-electron chi connectivity index (χ0n) is 11.8. The lowest BCUT2D eigenvalue weighted by molar-refractivity contribution is 0.249. The van der Waals surface area contributed by atoms with E-state index in [2.05, 4.69) is 42.6 Å². The zero-order valence-corrected chi connectivity index (χ0v) is 15.0. The summed E-state index contributed by atoms with van der Waals surface area (Å²) in [6, 6.07) is 8.18. The first-order valence-corrected chi connectivity index (χ1v) is 9.11. The van der Waals surface area contributed by atoms with Gasteiger partial charge < -0.3 is 15.3 Å². The van der Waals surface area contributed by atoms with Crippen molar-refractivity contribution in [3.8, 4) is 0 Å². The first-order valence-electron chi connectivity index (χ1n) is 7.03. The maximum absolute atomic E-state index is 9.15. The zero-order chi connectivity index (χ0) is 15.5. The largest absolute Gasteiger partial charge is 0.396 e. The van der Waals surface area contributed by atoms with Gasteiger partial charge in [-0.2, -0.15) is 0 Å². The van der Waals surface area contributed by atoms with Crippen LogP contribution in [0, 0.1) is 0 Å². The molecule has 2 aromatic rings. The molecule has 22 heavy (non-hydrogen) atoms. The number of rotatable bonds is 5. The number of nitrogens with zero attached hydrogens (tertiary/aromatic N) is 2. The van der Waals surface area contributed by atoms with E-state index in [4.69, 9.17) is 17.3 Å². The van der Waals surface area contributed by atoms with Crippen molar-refractivity contribution >= 4 is 44.6 Å². The van der Waals surface area contributed by atoms with Gasteiger partial charge in [0.2, 0.25) is 0 Å². The van der Waals surface area contributed by atoms with Crippen LogP contribution < -0.4 is 5.32 Å². The van der Waals surface area contributed by atoms with Crippen LogP contribution in [0.15, 0.2) is 40.3 Å². The van der Waals surface area contributed by atoms with Crippen molar-refractivity contribution in [1.29, 1.82) is 0 Å². The van der Waals surface area contributed by atoms with E-state index in [1.807, 2.05) is 18.2 Å². The van der Waals surface area contributed by atoms with E-state index >= 15 is 0 Å². The third-order valence-electron chi connectivity index (χ3n) is 3.63. The average molecular weight is 398 g/mol. The Kier molecular flexibility index (Phi) is 5.07. The lowest BCUT2D eigenvalue weighted by Crippen LogP contribution is -2.30. The number of aliphatic hydroxyl groups is 1. The Bertz CT molecular complexity index is 649. The maximum atomic E-state index is 9.15. The number of hydrogen-bond donors (Lipinski definition) is 2. The van der Waals surface area contributed by atoms with Crippen LogP contribution in [0.1, 0.15) is 29.1 Å². The number of aromatic nitrogens is 1. The van der Waals surface area contributed by atoms with Crippen LogP contribution >= 0.6 is 39.5 Å². The molecule has 3 rings (SSSR count). The van der Waals surface area contributed by atoms with Gasteiger partial charge >= 0.3 is 0 Å². The molecule has 116 valence electrons. The fraction of sp³-hybridized carbons (Fsp3) is 0.333. The Morgan fingerprint density at radius 1 is 1.45 bits per heavy atom. The van der Waals surface area contributed by atoms with Crippen LogP contribution in [0.2, 0.25) is 0 Å². The molecule has 1 fully saturated rings. The summed E-state index contributed by atoms with van der Waals surface area (Å²) in [6.45, 7) is 0.889. The van der Waals surface area contributed by atoms with Gasteiger partial charge in [0.15, 0.2) is 5.11 Å². The van der Waals surface area contributed by atoms with E-state index < -0.39 is 0 Å². The fourth-order valence-corrected chi connectivity index (χ4v) is 4.60. The van der Waals surface area contributed by atoms with Gasteiger partial charge in [0.05, 0.1) is 17.8 Å².